The topological polar surface area (TPSA) is 68.7 Å². The summed E-state index contributed by atoms with van der Waals surface area (Å²) in [5.41, 5.74) is -3.17. The number of hydrogen-bond acceptors (Lipinski definition) is 5. The molecule has 118 valence electrons. The number of esters is 1. The van der Waals surface area contributed by atoms with Gasteiger partial charge in [-0.1, -0.05) is 0 Å². The van der Waals surface area contributed by atoms with Gasteiger partial charge in [0.2, 0.25) is 0 Å². The molecule has 1 rings (SSSR count). The van der Waals surface area contributed by atoms with Crippen LogP contribution in [-0.2, 0) is 10.9 Å². The van der Waals surface area contributed by atoms with Crippen molar-refractivity contribution >= 4 is 5.97 Å². The summed E-state index contributed by atoms with van der Waals surface area (Å²) in [6.07, 6.45) is -10.5. The first-order valence-corrected chi connectivity index (χ1v) is 5.19. The van der Waals surface area contributed by atoms with Crippen LogP contribution in [0.3, 0.4) is 0 Å². The summed E-state index contributed by atoms with van der Waals surface area (Å²) in [6, 6.07) is -0.175. The summed E-state index contributed by atoms with van der Waals surface area (Å²) in [4.78, 5) is 14.1. The molecular weight excluding hydrogens is 312 g/mol. The zero-order chi connectivity index (χ0) is 16.4. The van der Waals surface area contributed by atoms with E-state index >= 15 is 0 Å². The first kappa shape index (κ1) is 16.9. The second kappa shape index (κ2) is 5.66. The van der Waals surface area contributed by atoms with Crippen LogP contribution in [0.1, 0.15) is 23.1 Å². The molecule has 1 heterocycles. The molecule has 21 heavy (non-hydrogen) atoms. The summed E-state index contributed by atoms with van der Waals surface area (Å²) in [5, 5.41) is 9.38. The summed E-state index contributed by atoms with van der Waals surface area (Å²) >= 11 is 0. The number of alkyl halides is 6. The Morgan fingerprint density at radius 1 is 1.29 bits per heavy atom. The highest BCUT2D eigenvalue weighted by Gasteiger charge is 2.39. The van der Waals surface area contributed by atoms with E-state index in [-0.39, 0.29) is 12.7 Å². The minimum Gasteiger partial charge on any atom is -0.503 e. The minimum atomic E-state index is -5.37. The van der Waals surface area contributed by atoms with Crippen molar-refractivity contribution in [1.29, 1.82) is 0 Å². The van der Waals surface area contributed by atoms with Crippen molar-refractivity contribution in [2.24, 2.45) is 0 Å². The number of aromatic hydroxyl groups is 1. The van der Waals surface area contributed by atoms with Crippen LogP contribution in [0, 0.1) is 0 Å². The Morgan fingerprint density at radius 3 is 2.29 bits per heavy atom. The van der Waals surface area contributed by atoms with Crippen molar-refractivity contribution in [2.75, 3.05) is 6.61 Å². The third-order valence-electron chi connectivity index (χ3n) is 1.94. The average molecular weight is 319 g/mol. The van der Waals surface area contributed by atoms with E-state index in [0.29, 0.717) is 0 Å². The van der Waals surface area contributed by atoms with Gasteiger partial charge in [0.25, 0.3) is 0 Å². The number of ether oxygens (including phenoxy) is 2. The van der Waals surface area contributed by atoms with E-state index in [1.54, 1.807) is 0 Å². The monoisotopic (exact) mass is 319 g/mol. The summed E-state index contributed by atoms with van der Waals surface area (Å²) in [6.45, 7) is 1.02. The largest absolute Gasteiger partial charge is 0.573 e. The molecule has 1 aromatic heterocycles. The van der Waals surface area contributed by atoms with Gasteiger partial charge in [-0.2, -0.15) is 13.2 Å². The molecule has 5 nitrogen and oxygen atoms in total. The minimum absolute atomic E-state index is 0.175. The average Bonchev–Trinajstić information content (AvgIpc) is 2.28. The molecule has 11 heteroatoms. The van der Waals surface area contributed by atoms with Gasteiger partial charge < -0.3 is 14.6 Å². The first-order valence-electron chi connectivity index (χ1n) is 5.19. The quantitative estimate of drug-likeness (QED) is 0.685. The van der Waals surface area contributed by atoms with E-state index in [1.807, 2.05) is 0 Å². The van der Waals surface area contributed by atoms with E-state index in [9.17, 15) is 36.2 Å². The third kappa shape index (κ3) is 4.39. The fraction of sp³-hybridized carbons (Fsp3) is 0.400. The number of hydrogen-bond donors (Lipinski definition) is 1. The van der Waals surface area contributed by atoms with Crippen molar-refractivity contribution in [2.45, 2.75) is 19.5 Å². The Morgan fingerprint density at radius 2 is 1.86 bits per heavy atom. The van der Waals surface area contributed by atoms with Crippen LogP contribution >= 0.6 is 0 Å². The van der Waals surface area contributed by atoms with Gasteiger partial charge in [-0.3, -0.25) is 0 Å². The zero-order valence-corrected chi connectivity index (χ0v) is 10.2. The van der Waals surface area contributed by atoms with Crippen molar-refractivity contribution in [1.82, 2.24) is 4.98 Å². The molecule has 0 radical (unpaired) electrons. The summed E-state index contributed by atoms with van der Waals surface area (Å²) in [7, 11) is 0. The van der Waals surface area contributed by atoms with Gasteiger partial charge >= 0.3 is 18.5 Å². The predicted octanol–water partition coefficient (Wildman–Crippen LogP) is 2.88. The van der Waals surface area contributed by atoms with Crippen molar-refractivity contribution < 1.29 is 45.7 Å². The number of halogens is 6. The van der Waals surface area contributed by atoms with Gasteiger partial charge in [-0.25, -0.2) is 9.78 Å². The maximum absolute atomic E-state index is 12.5. The number of carbonyl (C=O) groups is 1. The van der Waals surface area contributed by atoms with Gasteiger partial charge in [0.15, 0.2) is 17.2 Å². The molecule has 0 saturated heterocycles. The van der Waals surface area contributed by atoms with Crippen LogP contribution in [0.15, 0.2) is 6.07 Å². The Balaban J connectivity index is 3.43. The maximum atomic E-state index is 12.5. The van der Waals surface area contributed by atoms with Gasteiger partial charge in [0.05, 0.1) is 6.61 Å². The maximum Gasteiger partial charge on any atom is 0.573 e. The molecule has 0 saturated carbocycles. The first-order chi connectivity index (χ1) is 9.45. The van der Waals surface area contributed by atoms with E-state index in [4.69, 9.17) is 0 Å². The molecule has 0 bridgehead atoms. The molecule has 1 N–H and O–H groups in total. The normalized spacial score (nSPS) is 12.1. The third-order valence-corrected chi connectivity index (χ3v) is 1.94. The standard InChI is InChI=1S/C10H7F6NO4/c1-2-20-8(19)6-7(18)4(21-10(14,15)16)3-5(17-6)9(11,12)13/h3,18H,2H2,1H3. The number of nitrogens with zero attached hydrogens (tertiary/aromatic N) is 1. The van der Waals surface area contributed by atoms with E-state index < -0.39 is 41.4 Å². The highest BCUT2D eigenvalue weighted by Crippen LogP contribution is 2.38. The van der Waals surface area contributed by atoms with Crippen LogP contribution in [0.2, 0.25) is 0 Å². The lowest BCUT2D eigenvalue weighted by Gasteiger charge is -2.15. The lowest BCUT2D eigenvalue weighted by molar-refractivity contribution is -0.275. The van der Waals surface area contributed by atoms with Crippen LogP contribution in [0.25, 0.3) is 0 Å². The Bertz CT molecular complexity index is 540. The molecule has 1 aromatic rings. The second-order valence-corrected chi connectivity index (χ2v) is 3.47. The molecule has 0 aromatic carbocycles. The lowest BCUT2D eigenvalue weighted by Crippen LogP contribution is -2.20. The fourth-order valence-corrected chi connectivity index (χ4v) is 1.20. The fourth-order valence-electron chi connectivity index (χ4n) is 1.20. The van der Waals surface area contributed by atoms with E-state index in [0.717, 1.165) is 0 Å². The van der Waals surface area contributed by atoms with Gasteiger partial charge in [0, 0.05) is 6.07 Å². The van der Waals surface area contributed by atoms with Crippen molar-refractivity contribution in [3.63, 3.8) is 0 Å². The molecule has 0 unspecified atom stereocenters. The number of rotatable bonds is 3. The highest BCUT2D eigenvalue weighted by molar-refractivity contribution is 5.91. The van der Waals surface area contributed by atoms with Crippen LogP contribution < -0.4 is 4.74 Å². The molecule has 0 aliphatic carbocycles. The summed E-state index contributed by atoms with van der Waals surface area (Å²) in [5.74, 6) is -4.63. The molecule has 0 amide bonds. The van der Waals surface area contributed by atoms with E-state index in [2.05, 4.69) is 14.5 Å². The Labute approximate surface area is 113 Å². The van der Waals surface area contributed by atoms with Crippen LogP contribution in [-0.4, -0.2) is 29.0 Å². The molecular formula is C10H7F6NO4. The molecule has 0 aliphatic heterocycles. The SMILES string of the molecule is CCOC(=O)c1nc(C(F)(F)F)cc(OC(F)(F)F)c1O. The summed E-state index contributed by atoms with van der Waals surface area (Å²) < 4.78 is 81.4. The number of carbonyl (C=O) groups excluding carboxylic acids is 1. The zero-order valence-electron chi connectivity index (χ0n) is 10.2. The molecule has 0 aliphatic rings. The second-order valence-electron chi connectivity index (χ2n) is 3.47. The molecule has 0 spiro atoms. The number of pyridine rings is 1. The Kier molecular flexibility index (Phi) is 4.54. The van der Waals surface area contributed by atoms with Gasteiger partial charge in [-0.15, -0.1) is 13.2 Å². The highest BCUT2D eigenvalue weighted by atomic mass is 19.4. The number of aromatic nitrogens is 1. The predicted molar refractivity (Wildman–Crippen MR) is 53.5 cm³/mol. The molecule has 0 fully saturated rings. The van der Waals surface area contributed by atoms with Crippen LogP contribution in [0.5, 0.6) is 11.5 Å². The van der Waals surface area contributed by atoms with E-state index in [1.165, 1.54) is 6.92 Å². The van der Waals surface area contributed by atoms with Gasteiger partial charge in [0.1, 0.15) is 5.69 Å². The Hall–Kier alpha value is -2.20. The van der Waals surface area contributed by atoms with Crippen molar-refractivity contribution in [3.05, 3.63) is 17.5 Å². The van der Waals surface area contributed by atoms with Gasteiger partial charge in [-0.05, 0) is 6.92 Å². The van der Waals surface area contributed by atoms with Crippen LogP contribution in [0.4, 0.5) is 26.3 Å². The molecule has 0 atom stereocenters. The lowest BCUT2D eigenvalue weighted by atomic mass is 10.2. The smallest absolute Gasteiger partial charge is 0.503 e. The van der Waals surface area contributed by atoms with Crippen molar-refractivity contribution in [3.8, 4) is 11.5 Å².